The van der Waals surface area contributed by atoms with Crippen LogP contribution in [0, 0.1) is 0 Å². The first-order valence-corrected chi connectivity index (χ1v) is 7.11. The summed E-state index contributed by atoms with van der Waals surface area (Å²) in [5.41, 5.74) is 2.75. The fraction of sp³-hybridized carbons (Fsp3) is 0.400. The zero-order valence-corrected chi connectivity index (χ0v) is 12.1. The molecule has 0 aliphatic carbocycles. The Balaban J connectivity index is 1.71. The summed E-state index contributed by atoms with van der Waals surface area (Å²) in [6.45, 7) is 3.09. The Bertz CT molecular complexity index is 604. The SMILES string of the molecule is COCCNc1cnnc(N2CCc3ccccc3C2)n1. The first-order valence-electron chi connectivity index (χ1n) is 7.11. The number of benzene rings is 1. The van der Waals surface area contributed by atoms with E-state index in [9.17, 15) is 0 Å². The molecule has 0 atom stereocenters. The minimum Gasteiger partial charge on any atom is -0.383 e. The molecule has 0 fully saturated rings. The van der Waals surface area contributed by atoms with Crippen LogP contribution >= 0.6 is 0 Å². The molecule has 2 aromatic rings. The monoisotopic (exact) mass is 285 g/mol. The van der Waals surface area contributed by atoms with Gasteiger partial charge in [0.2, 0.25) is 5.95 Å². The van der Waals surface area contributed by atoms with Gasteiger partial charge in [0.1, 0.15) is 0 Å². The summed E-state index contributed by atoms with van der Waals surface area (Å²) in [7, 11) is 1.68. The van der Waals surface area contributed by atoms with Crippen molar-refractivity contribution < 1.29 is 4.74 Å². The zero-order valence-electron chi connectivity index (χ0n) is 12.1. The molecular weight excluding hydrogens is 266 g/mol. The topological polar surface area (TPSA) is 63.2 Å². The van der Waals surface area contributed by atoms with E-state index in [1.807, 2.05) is 0 Å². The molecule has 1 N–H and O–H groups in total. The van der Waals surface area contributed by atoms with E-state index in [0.29, 0.717) is 19.1 Å². The van der Waals surface area contributed by atoms with E-state index < -0.39 is 0 Å². The maximum atomic E-state index is 5.01. The number of rotatable bonds is 5. The summed E-state index contributed by atoms with van der Waals surface area (Å²) in [6.07, 6.45) is 2.65. The average Bonchev–Trinajstić information content (AvgIpc) is 2.55. The maximum absolute atomic E-state index is 5.01. The van der Waals surface area contributed by atoms with Crippen molar-refractivity contribution in [3.8, 4) is 0 Å². The van der Waals surface area contributed by atoms with Gasteiger partial charge in [0.25, 0.3) is 0 Å². The van der Waals surface area contributed by atoms with Gasteiger partial charge in [-0.05, 0) is 17.5 Å². The lowest BCUT2D eigenvalue weighted by atomic mass is 10.0. The number of hydrogen-bond donors (Lipinski definition) is 1. The number of fused-ring (bicyclic) bond motifs is 1. The Morgan fingerprint density at radius 2 is 2.14 bits per heavy atom. The summed E-state index contributed by atoms with van der Waals surface area (Å²) < 4.78 is 5.01. The van der Waals surface area contributed by atoms with E-state index in [1.54, 1.807) is 13.3 Å². The summed E-state index contributed by atoms with van der Waals surface area (Å²) in [5, 5.41) is 11.4. The Labute approximate surface area is 124 Å². The van der Waals surface area contributed by atoms with Gasteiger partial charge in [0, 0.05) is 26.7 Å². The second-order valence-electron chi connectivity index (χ2n) is 5.00. The van der Waals surface area contributed by atoms with Crippen molar-refractivity contribution in [2.24, 2.45) is 0 Å². The maximum Gasteiger partial charge on any atom is 0.247 e. The molecule has 6 nitrogen and oxygen atoms in total. The van der Waals surface area contributed by atoms with Crippen molar-refractivity contribution in [2.75, 3.05) is 37.0 Å². The van der Waals surface area contributed by atoms with Crippen molar-refractivity contribution in [3.63, 3.8) is 0 Å². The molecule has 0 saturated carbocycles. The number of methoxy groups -OCH3 is 1. The number of hydrogen-bond acceptors (Lipinski definition) is 6. The normalized spacial score (nSPS) is 13.9. The van der Waals surface area contributed by atoms with E-state index in [-0.39, 0.29) is 0 Å². The number of nitrogens with one attached hydrogen (secondary N) is 1. The Hall–Kier alpha value is -2.21. The molecule has 0 spiro atoms. The van der Waals surface area contributed by atoms with Crippen LogP contribution in [0.25, 0.3) is 0 Å². The standard InChI is InChI=1S/C15H19N5O/c1-21-9-7-16-14-10-17-19-15(18-14)20-8-6-12-4-2-3-5-13(12)11-20/h2-5,10H,6-9,11H2,1H3,(H,16,18,19). The second kappa shape index (κ2) is 6.49. The molecular formula is C15H19N5O. The van der Waals surface area contributed by atoms with Crippen molar-refractivity contribution in [3.05, 3.63) is 41.6 Å². The lowest BCUT2D eigenvalue weighted by molar-refractivity contribution is 0.210. The van der Waals surface area contributed by atoms with Gasteiger partial charge in [-0.3, -0.25) is 0 Å². The highest BCUT2D eigenvalue weighted by molar-refractivity contribution is 5.43. The number of nitrogens with zero attached hydrogens (tertiary/aromatic N) is 4. The van der Waals surface area contributed by atoms with Crippen LogP contribution in [0.3, 0.4) is 0 Å². The molecule has 3 rings (SSSR count). The molecule has 0 bridgehead atoms. The van der Waals surface area contributed by atoms with Crippen LogP contribution in [0.2, 0.25) is 0 Å². The van der Waals surface area contributed by atoms with Gasteiger partial charge in [0.15, 0.2) is 5.82 Å². The smallest absolute Gasteiger partial charge is 0.247 e. The van der Waals surface area contributed by atoms with Gasteiger partial charge in [0.05, 0.1) is 12.8 Å². The quantitative estimate of drug-likeness (QED) is 0.840. The number of aromatic nitrogens is 3. The predicted octanol–water partition coefficient (Wildman–Crippen LogP) is 1.49. The van der Waals surface area contributed by atoms with Gasteiger partial charge < -0.3 is 15.0 Å². The number of ether oxygens (including phenoxy) is 1. The molecule has 1 aliphatic rings. The van der Waals surface area contributed by atoms with E-state index >= 15 is 0 Å². The Morgan fingerprint density at radius 1 is 1.29 bits per heavy atom. The van der Waals surface area contributed by atoms with Crippen LogP contribution in [0.15, 0.2) is 30.5 Å². The molecule has 1 aliphatic heterocycles. The summed E-state index contributed by atoms with van der Waals surface area (Å²) in [6, 6.07) is 8.52. The van der Waals surface area contributed by atoms with Crippen molar-refractivity contribution in [1.82, 2.24) is 15.2 Å². The van der Waals surface area contributed by atoms with Crippen LogP contribution in [-0.4, -0.2) is 42.0 Å². The van der Waals surface area contributed by atoms with Crippen LogP contribution < -0.4 is 10.2 Å². The molecule has 21 heavy (non-hydrogen) atoms. The Kier molecular flexibility index (Phi) is 4.25. The van der Waals surface area contributed by atoms with Crippen molar-refractivity contribution >= 4 is 11.8 Å². The summed E-state index contributed by atoms with van der Waals surface area (Å²) >= 11 is 0. The lowest BCUT2D eigenvalue weighted by Gasteiger charge is -2.28. The van der Waals surface area contributed by atoms with E-state index in [0.717, 1.165) is 25.3 Å². The fourth-order valence-corrected chi connectivity index (χ4v) is 2.46. The van der Waals surface area contributed by atoms with Crippen LogP contribution in [0.5, 0.6) is 0 Å². The molecule has 0 unspecified atom stereocenters. The third-order valence-corrected chi connectivity index (χ3v) is 3.57. The average molecular weight is 285 g/mol. The molecule has 0 amide bonds. The minimum absolute atomic E-state index is 0.635. The van der Waals surface area contributed by atoms with Gasteiger partial charge in [-0.25, -0.2) is 0 Å². The first kappa shape index (κ1) is 13.8. The van der Waals surface area contributed by atoms with Crippen LogP contribution in [-0.2, 0) is 17.7 Å². The highest BCUT2D eigenvalue weighted by Gasteiger charge is 2.18. The lowest BCUT2D eigenvalue weighted by Crippen LogP contribution is -2.32. The van der Waals surface area contributed by atoms with Crippen LogP contribution in [0.4, 0.5) is 11.8 Å². The molecule has 6 heteroatoms. The molecule has 1 aromatic carbocycles. The molecule has 0 radical (unpaired) electrons. The third-order valence-electron chi connectivity index (χ3n) is 3.57. The second-order valence-corrected chi connectivity index (χ2v) is 5.00. The molecule has 2 heterocycles. The molecule has 110 valence electrons. The van der Waals surface area contributed by atoms with Gasteiger partial charge in [-0.15, -0.1) is 5.10 Å². The first-order chi connectivity index (χ1) is 10.4. The molecule has 1 aromatic heterocycles. The molecule has 0 saturated heterocycles. The van der Waals surface area contributed by atoms with E-state index in [1.165, 1.54) is 11.1 Å². The van der Waals surface area contributed by atoms with Crippen molar-refractivity contribution in [1.29, 1.82) is 0 Å². The highest BCUT2D eigenvalue weighted by atomic mass is 16.5. The van der Waals surface area contributed by atoms with Gasteiger partial charge >= 0.3 is 0 Å². The summed E-state index contributed by atoms with van der Waals surface area (Å²) in [4.78, 5) is 6.69. The van der Waals surface area contributed by atoms with E-state index in [4.69, 9.17) is 4.74 Å². The number of anilines is 2. The highest BCUT2D eigenvalue weighted by Crippen LogP contribution is 2.21. The zero-order chi connectivity index (χ0) is 14.5. The predicted molar refractivity (Wildman–Crippen MR) is 81.4 cm³/mol. The van der Waals surface area contributed by atoms with Gasteiger partial charge in [-0.1, -0.05) is 24.3 Å². The third kappa shape index (κ3) is 3.28. The fourth-order valence-electron chi connectivity index (χ4n) is 2.46. The van der Waals surface area contributed by atoms with Crippen molar-refractivity contribution in [2.45, 2.75) is 13.0 Å². The summed E-state index contributed by atoms with van der Waals surface area (Å²) in [5.74, 6) is 1.41. The van der Waals surface area contributed by atoms with E-state index in [2.05, 4.69) is 49.7 Å². The van der Waals surface area contributed by atoms with Gasteiger partial charge in [-0.2, -0.15) is 10.1 Å². The largest absolute Gasteiger partial charge is 0.383 e. The van der Waals surface area contributed by atoms with Crippen LogP contribution in [0.1, 0.15) is 11.1 Å². The minimum atomic E-state index is 0.635. The Morgan fingerprint density at radius 3 is 3.00 bits per heavy atom.